The highest BCUT2D eigenvalue weighted by atomic mass is 16.4. The lowest BCUT2D eigenvalue weighted by atomic mass is 9.96. The highest BCUT2D eigenvalue weighted by molar-refractivity contribution is 5.96. The lowest BCUT2D eigenvalue weighted by Gasteiger charge is -2.10. The van der Waals surface area contributed by atoms with Gasteiger partial charge in [0.25, 0.3) is 0 Å². The number of aryl methyl sites for hydroxylation is 1. The van der Waals surface area contributed by atoms with Crippen LogP contribution in [0.2, 0.25) is 0 Å². The number of benzene rings is 3. The van der Waals surface area contributed by atoms with E-state index in [1.807, 2.05) is 83.5 Å². The summed E-state index contributed by atoms with van der Waals surface area (Å²) >= 11 is 0. The molecular weight excluding hydrogens is 452 g/mol. The normalized spacial score (nSPS) is 11.0. The van der Waals surface area contributed by atoms with Crippen LogP contribution in [0.1, 0.15) is 41.4 Å². The molecule has 3 aromatic carbocycles. The van der Waals surface area contributed by atoms with Crippen LogP contribution >= 0.6 is 0 Å². The van der Waals surface area contributed by atoms with Crippen LogP contribution in [0, 0.1) is 0 Å². The Balaban J connectivity index is 1.51. The number of aromatic nitrogens is 6. The monoisotopic (exact) mass is 478 g/mol. The highest BCUT2D eigenvalue weighted by Gasteiger charge is 2.24. The number of unbranched alkanes of at least 4 members (excludes halogenated alkanes) is 1. The van der Waals surface area contributed by atoms with Crippen LogP contribution in [0.4, 0.5) is 0 Å². The Labute approximate surface area is 208 Å². The van der Waals surface area contributed by atoms with E-state index in [-0.39, 0.29) is 5.56 Å². The van der Waals surface area contributed by atoms with Gasteiger partial charge in [-0.3, -0.25) is 4.68 Å². The summed E-state index contributed by atoms with van der Waals surface area (Å²) in [6, 6.07) is 25.6. The topological polar surface area (TPSA) is 110 Å². The number of carbonyl (C=O) groups is 1. The first-order chi connectivity index (χ1) is 17.7. The van der Waals surface area contributed by atoms with Gasteiger partial charge in [-0.1, -0.05) is 92.2 Å². The van der Waals surface area contributed by atoms with E-state index in [1.165, 1.54) is 0 Å². The van der Waals surface area contributed by atoms with Gasteiger partial charge in [0, 0.05) is 24.1 Å². The van der Waals surface area contributed by atoms with Crippen molar-refractivity contribution in [2.75, 3.05) is 0 Å². The smallest absolute Gasteiger partial charge is 0.339 e. The first-order valence-electron chi connectivity index (χ1n) is 12.0. The molecule has 36 heavy (non-hydrogen) atoms. The van der Waals surface area contributed by atoms with Crippen molar-refractivity contribution in [1.82, 2.24) is 30.4 Å². The Morgan fingerprint density at radius 1 is 0.917 bits per heavy atom. The van der Waals surface area contributed by atoms with Crippen LogP contribution in [0.15, 0.2) is 78.9 Å². The summed E-state index contributed by atoms with van der Waals surface area (Å²) in [6.45, 7) is 2.79. The summed E-state index contributed by atoms with van der Waals surface area (Å²) in [5.74, 6) is -0.425. The van der Waals surface area contributed by atoms with Crippen LogP contribution in [-0.4, -0.2) is 41.5 Å². The molecular formula is C28H26N6O2. The summed E-state index contributed by atoms with van der Waals surface area (Å²) in [5.41, 5.74) is 6.21. The van der Waals surface area contributed by atoms with Crippen LogP contribution in [-0.2, 0) is 13.0 Å². The minimum atomic E-state index is -0.961. The van der Waals surface area contributed by atoms with Gasteiger partial charge in [-0.2, -0.15) is 10.3 Å². The predicted octanol–water partition coefficient (Wildman–Crippen LogP) is 5.49. The molecule has 0 bridgehead atoms. The second-order valence-corrected chi connectivity index (χ2v) is 8.57. The van der Waals surface area contributed by atoms with Gasteiger partial charge < -0.3 is 5.11 Å². The third-order valence-electron chi connectivity index (χ3n) is 6.19. The SMILES string of the molecule is CCCCn1nc(-c2ccccc2)c(C(=O)O)c1Cc1ccc(-c2ccccc2-c2nn[nH]n2)cc1. The summed E-state index contributed by atoms with van der Waals surface area (Å²) in [5, 5.41) is 29.3. The van der Waals surface area contributed by atoms with Gasteiger partial charge in [0.1, 0.15) is 11.3 Å². The summed E-state index contributed by atoms with van der Waals surface area (Å²) in [7, 11) is 0. The van der Waals surface area contributed by atoms with Crippen molar-refractivity contribution < 1.29 is 9.90 Å². The van der Waals surface area contributed by atoms with Gasteiger partial charge in [-0.05, 0) is 28.3 Å². The largest absolute Gasteiger partial charge is 0.478 e. The van der Waals surface area contributed by atoms with E-state index in [4.69, 9.17) is 5.10 Å². The van der Waals surface area contributed by atoms with Gasteiger partial charge >= 0.3 is 5.97 Å². The maximum Gasteiger partial charge on any atom is 0.339 e. The van der Waals surface area contributed by atoms with E-state index in [0.29, 0.717) is 24.5 Å². The van der Waals surface area contributed by atoms with Gasteiger partial charge in [0.05, 0.1) is 5.69 Å². The molecule has 0 radical (unpaired) electrons. The molecule has 180 valence electrons. The van der Waals surface area contributed by atoms with Crippen molar-refractivity contribution in [1.29, 1.82) is 0 Å². The molecule has 0 atom stereocenters. The van der Waals surface area contributed by atoms with Gasteiger partial charge in [0.15, 0.2) is 0 Å². The first kappa shape index (κ1) is 23.2. The highest BCUT2D eigenvalue weighted by Crippen LogP contribution is 2.31. The maximum absolute atomic E-state index is 12.4. The fourth-order valence-electron chi connectivity index (χ4n) is 4.39. The Morgan fingerprint density at radius 2 is 1.64 bits per heavy atom. The second kappa shape index (κ2) is 10.4. The van der Waals surface area contributed by atoms with Crippen molar-refractivity contribution in [2.45, 2.75) is 32.7 Å². The van der Waals surface area contributed by atoms with E-state index in [2.05, 4.69) is 27.5 Å². The number of nitrogens with zero attached hydrogens (tertiary/aromatic N) is 5. The van der Waals surface area contributed by atoms with E-state index in [9.17, 15) is 9.90 Å². The predicted molar refractivity (Wildman–Crippen MR) is 137 cm³/mol. The zero-order chi connectivity index (χ0) is 24.9. The molecule has 8 heteroatoms. The summed E-state index contributed by atoms with van der Waals surface area (Å²) in [4.78, 5) is 12.4. The third kappa shape index (κ3) is 4.65. The standard InChI is InChI=1S/C28H26N6O2/c1-2-3-17-34-24(25(28(35)36)26(31-34)21-9-5-4-6-10-21)18-19-13-15-20(16-14-19)22-11-7-8-12-23(22)27-29-32-33-30-27/h4-16H,2-3,17-18H2,1H3,(H,35,36)(H,29,30,32,33). The van der Waals surface area contributed by atoms with Gasteiger partial charge in [-0.15, -0.1) is 10.2 Å². The molecule has 5 rings (SSSR count). The average molecular weight is 479 g/mol. The number of carboxylic acid groups (broad SMARTS) is 1. The number of carboxylic acids is 1. The van der Waals surface area contributed by atoms with Crippen LogP contribution in [0.5, 0.6) is 0 Å². The zero-order valence-electron chi connectivity index (χ0n) is 19.9. The number of hydrogen-bond acceptors (Lipinski definition) is 5. The zero-order valence-corrected chi connectivity index (χ0v) is 19.9. The Hall–Kier alpha value is -4.59. The summed E-state index contributed by atoms with van der Waals surface area (Å²) < 4.78 is 1.87. The Bertz CT molecular complexity index is 1460. The van der Waals surface area contributed by atoms with E-state index < -0.39 is 5.97 Å². The number of aromatic amines is 1. The molecule has 5 aromatic rings. The number of tetrazole rings is 1. The molecule has 0 aliphatic carbocycles. The van der Waals surface area contributed by atoms with Crippen molar-refractivity contribution in [3.8, 4) is 33.8 Å². The molecule has 0 spiro atoms. The fourth-order valence-corrected chi connectivity index (χ4v) is 4.39. The first-order valence-corrected chi connectivity index (χ1v) is 12.0. The molecule has 0 saturated heterocycles. The van der Waals surface area contributed by atoms with Crippen molar-refractivity contribution in [2.24, 2.45) is 0 Å². The van der Waals surface area contributed by atoms with E-state index >= 15 is 0 Å². The van der Waals surface area contributed by atoms with Gasteiger partial charge in [-0.25, -0.2) is 4.79 Å². The number of aromatic carboxylic acids is 1. The molecule has 0 aliphatic rings. The Kier molecular flexibility index (Phi) is 6.66. The number of rotatable bonds is 9. The van der Waals surface area contributed by atoms with Crippen molar-refractivity contribution in [3.05, 3.63) is 95.7 Å². The Morgan fingerprint density at radius 3 is 2.31 bits per heavy atom. The molecule has 0 aliphatic heterocycles. The molecule has 0 fully saturated rings. The minimum absolute atomic E-state index is 0.267. The number of nitrogens with one attached hydrogen (secondary N) is 1. The third-order valence-corrected chi connectivity index (χ3v) is 6.19. The molecule has 2 heterocycles. The maximum atomic E-state index is 12.4. The van der Waals surface area contributed by atoms with Crippen LogP contribution in [0.25, 0.3) is 33.8 Å². The minimum Gasteiger partial charge on any atom is -0.478 e. The van der Waals surface area contributed by atoms with Crippen LogP contribution in [0.3, 0.4) is 0 Å². The molecule has 2 aromatic heterocycles. The van der Waals surface area contributed by atoms with Gasteiger partial charge in [0.2, 0.25) is 5.82 Å². The van der Waals surface area contributed by atoms with E-state index in [0.717, 1.165) is 46.4 Å². The lowest BCUT2D eigenvalue weighted by molar-refractivity contribution is 0.0696. The molecule has 0 amide bonds. The summed E-state index contributed by atoms with van der Waals surface area (Å²) in [6.07, 6.45) is 2.39. The van der Waals surface area contributed by atoms with Crippen molar-refractivity contribution >= 4 is 5.97 Å². The number of hydrogen-bond donors (Lipinski definition) is 2. The quantitative estimate of drug-likeness (QED) is 0.290. The average Bonchev–Trinajstić information content (AvgIpc) is 3.57. The second-order valence-electron chi connectivity index (χ2n) is 8.57. The fraction of sp³-hybridized carbons (Fsp3) is 0.179. The molecule has 2 N–H and O–H groups in total. The lowest BCUT2D eigenvalue weighted by Crippen LogP contribution is -2.09. The van der Waals surface area contributed by atoms with E-state index in [1.54, 1.807) is 0 Å². The van der Waals surface area contributed by atoms with Crippen molar-refractivity contribution in [3.63, 3.8) is 0 Å². The molecule has 0 unspecified atom stereocenters. The molecule has 8 nitrogen and oxygen atoms in total. The number of H-pyrrole nitrogens is 1. The van der Waals surface area contributed by atoms with Crippen LogP contribution < -0.4 is 0 Å². The molecule has 0 saturated carbocycles.